The van der Waals surface area contributed by atoms with Gasteiger partial charge in [0.25, 0.3) is 0 Å². The average molecular weight is 250 g/mol. The van der Waals surface area contributed by atoms with Crippen LogP contribution in [-0.4, -0.2) is 29.7 Å². The summed E-state index contributed by atoms with van der Waals surface area (Å²) in [7, 11) is 1.45. The van der Waals surface area contributed by atoms with Gasteiger partial charge in [-0.25, -0.2) is 0 Å². The van der Waals surface area contributed by atoms with Crippen LogP contribution in [0.1, 0.15) is 12.0 Å². The number of ether oxygens (including phenoxy) is 2. The highest BCUT2D eigenvalue weighted by atomic mass is 16.5. The molecule has 0 aliphatic carbocycles. The average Bonchev–Trinajstić information content (AvgIpc) is 2.37. The molecule has 0 amide bonds. The number of aliphatic hydroxyl groups excluding tert-OH is 1. The molecule has 1 aromatic carbocycles. The fraction of sp³-hybridized carbons (Fsp3) is 0.308. The van der Waals surface area contributed by atoms with E-state index in [0.29, 0.717) is 5.75 Å². The van der Waals surface area contributed by atoms with Crippen LogP contribution < -0.4 is 4.74 Å². The zero-order chi connectivity index (χ0) is 13.1. The van der Waals surface area contributed by atoms with Gasteiger partial charge in [-0.15, -0.1) is 0 Å². The predicted octanol–water partition coefficient (Wildman–Crippen LogP) is 1.70. The molecule has 0 spiro atoms. The zero-order valence-corrected chi connectivity index (χ0v) is 9.97. The number of rotatable bonds is 3. The highest BCUT2D eigenvalue weighted by Crippen LogP contribution is 2.28. The van der Waals surface area contributed by atoms with E-state index in [2.05, 4.69) is 0 Å². The molecule has 18 heavy (non-hydrogen) atoms. The fourth-order valence-electron chi connectivity index (χ4n) is 1.76. The third kappa shape index (κ3) is 2.40. The van der Waals surface area contributed by atoms with Crippen LogP contribution in [-0.2, 0) is 16.0 Å². The van der Waals surface area contributed by atoms with Gasteiger partial charge in [0.15, 0.2) is 17.3 Å². The van der Waals surface area contributed by atoms with E-state index in [0.717, 1.165) is 5.56 Å². The number of carbonyl (C=O) groups excluding carboxylic acids is 1. The number of methoxy groups -OCH3 is 1. The maximum Gasteiger partial charge on any atom is 0.204 e. The van der Waals surface area contributed by atoms with Gasteiger partial charge in [-0.05, 0) is 17.7 Å². The number of aromatic hydroxyl groups is 1. The number of Topliss-reactive ketones (excluding diaryl/α,β-unsaturated/α-hetero) is 1. The third-order valence-corrected chi connectivity index (χ3v) is 2.74. The minimum atomic E-state index is -0.312. The van der Waals surface area contributed by atoms with Crippen LogP contribution in [0.2, 0.25) is 0 Å². The van der Waals surface area contributed by atoms with E-state index in [-0.39, 0.29) is 42.5 Å². The Labute approximate surface area is 104 Å². The van der Waals surface area contributed by atoms with E-state index in [1.54, 1.807) is 12.1 Å². The second-order valence-corrected chi connectivity index (χ2v) is 3.98. The van der Waals surface area contributed by atoms with Crippen molar-refractivity contribution in [3.63, 3.8) is 0 Å². The van der Waals surface area contributed by atoms with Gasteiger partial charge in [0, 0.05) is 12.8 Å². The number of hydrogen-bond donors (Lipinski definition) is 2. The highest BCUT2D eigenvalue weighted by molar-refractivity contribution is 5.94. The maximum absolute atomic E-state index is 11.3. The lowest BCUT2D eigenvalue weighted by molar-refractivity contribution is -0.120. The summed E-state index contributed by atoms with van der Waals surface area (Å²) in [6.07, 6.45) is 0.489. The molecule has 1 aliphatic heterocycles. The first kappa shape index (κ1) is 12.3. The number of hydrogen-bond acceptors (Lipinski definition) is 5. The minimum absolute atomic E-state index is 0.0418. The van der Waals surface area contributed by atoms with E-state index in [9.17, 15) is 15.0 Å². The summed E-state index contributed by atoms with van der Waals surface area (Å²) in [6, 6.07) is 4.81. The van der Waals surface area contributed by atoms with E-state index in [1.807, 2.05) is 0 Å². The van der Waals surface area contributed by atoms with Gasteiger partial charge in [0.05, 0.1) is 13.7 Å². The molecule has 1 heterocycles. The Balaban J connectivity index is 2.24. The Morgan fingerprint density at radius 1 is 1.39 bits per heavy atom. The SMILES string of the molecule is COc1cc(CC2=C(O)C(=O)CCO2)ccc1O. The Kier molecular flexibility index (Phi) is 3.41. The molecule has 5 nitrogen and oxygen atoms in total. The van der Waals surface area contributed by atoms with Gasteiger partial charge in [-0.3, -0.25) is 4.79 Å². The number of phenols is 1. The van der Waals surface area contributed by atoms with Crippen LogP contribution in [0, 0.1) is 0 Å². The molecule has 0 saturated heterocycles. The summed E-state index contributed by atoms with van der Waals surface area (Å²) < 4.78 is 10.3. The van der Waals surface area contributed by atoms with Gasteiger partial charge < -0.3 is 19.7 Å². The second kappa shape index (κ2) is 5.00. The molecule has 1 aliphatic rings. The number of benzene rings is 1. The van der Waals surface area contributed by atoms with Crippen molar-refractivity contribution < 1.29 is 24.5 Å². The summed E-state index contributed by atoms with van der Waals surface area (Å²) in [4.78, 5) is 11.3. The molecule has 0 unspecified atom stereocenters. The number of allylic oxidation sites excluding steroid dienone is 2. The van der Waals surface area contributed by atoms with Gasteiger partial charge >= 0.3 is 0 Å². The Hall–Kier alpha value is -2.17. The lowest BCUT2D eigenvalue weighted by Crippen LogP contribution is -2.17. The van der Waals surface area contributed by atoms with Crippen molar-refractivity contribution in [3.8, 4) is 11.5 Å². The summed E-state index contributed by atoms with van der Waals surface area (Å²) >= 11 is 0. The molecule has 2 N–H and O–H groups in total. The van der Waals surface area contributed by atoms with E-state index in [4.69, 9.17) is 9.47 Å². The van der Waals surface area contributed by atoms with Crippen LogP contribution in [0.5, 0.6) is 11.5 Å². The van der Waals surface area contributed by atoms with Crippen molar-refractivity contribution in [2.45, 2.75) is 12.8 Å². The van der Waals surface area contributed by atoms with Crippen LogP contribution in [0.25, 0.3) is 0 Å². The number of aliphatic hydroxyl groups is 1. The summed E-state index contributed by atoms with van der Waals surface area (Å²) in [5, 5.41) is 19.1. The number of phenolic OH excluding ortho intramolecular Hbond substituents is 1. The van der Waals surface area contributed by atoms with Gasteiger partial charge in [0.1, 0.15) is 5.76 Å². The van der Waals surface area contributed by atoms with Crippen LogP contribution in [0.3, 0.4) is 0 Å². The molecule has 2 rings (SSSR count). The molecular formula is C13H14O5. The second-order valence-electron chi connectivity index (χ2n) is 3.98. The zero-order valence-electron chi connectivity index (χ0n) is 9.97. The first-order chi connectivity index (χ1) is 8.61. The van der Waals surface area contributed by atoms with Crippen molar-refractivity contribution in [1.82, 2.24) is 0 Å². The molecule has 0 aromatic heterocycles. The van der Waals surface area contributed by atoms with Crippen molar-refractivity contribution in [3.05, 3.63) is 35.3 Å². The number of ketones is 1. The lowest BCUT2D eigenvalue weighted by Gasteiger charge is -2.17. The molecular weight excluding hydrogens is 236 g/mol. The van der Waals surface area contributed by atoms with Crippen molar-refractivity contribution in [2.75, 3.05) is 13.7 Å². The first-order valence-corrected chi connectivity index (χ1v) is 5.56. The normalized spacial score (nSPS) is 15.5. The molecule has 96 valence electrons. The summed E-state index contributed by atoms with van der Waals surface area (Å²) in [6.45, 7) is 0.285. The molecule has 1 aromatic rings. The smallest absolute Gasteiger partial charge is 0.204 e. The van der Waals surface area contributed by atoms with Crippen LogP contribution in [0.4, 0.5) is 0 Å². The first-order valence-electron chi connectivity index (χ1n) is 5.56. The molecule has 0 saturated carbocycles. The Morgan fingerprint density at radius 3 is 2.89 bits per heavy atom. The Morgan fingerprint density at radius 2 is 2.17 bits per heavy atom. The van der Waals surface area contributed by atoms with E-state index < -0.39 is 0 Å². The monoisotopic (exact) mass is 250 g/mol. The largest absolute Gasteiger partial charge is 0.504 e. The third-order valence-electron chi connectivity index (χ3n) is 2.74. The van der Waals surface area contributed by atoms with Gasteiger partial charge in [0.2, 0.25) is 5.78 Å². The van der Waals surface area contributed by atoms with Gasteiger partial charge in [-0.2, -0.15) is 0 Å². The molecule has 0 atom stereocenters. The quantitative estimate of drug-likeness (QED) is 0.854. The highest BCUT2D eigenvalue weighted by Gasteiger charge is 2.21. The standard InChI is InChI=1S/C13H14O5/c1-17-11-6-8(2-3-9(11)14)7-12-13(16)10(15)4-5-18-12/h2-3,6,14,16H,4-5,7H2,1H3. The minimum Gasteiger partial charge on any atom is -0.504 e. The fourth-order valence-corrected chi connectivity index (χ4v) is 1.76. The maximum atomic E-state index is 11.3. The van der Waals surface area contributed by atoms with Crippen molar-refractivity contribution in [2.24, 2.45) is 0 Å². The summed E-state index contributed by atoms with van der Waals surface area (Å²) in [5.41, 5.74) is 0.779. The molecule has 0 radical (unpaired) electrons. The topological polar surface area (TPSA) is 76.0 Å². The van der Waals surface area contributed by atoms with E-state index >= 15 is 0 Å². The van der Waals surface area contributed by atoms with Crippen LogP contribution >= 0.6 is 0 Å². The molecule has 0 bridgehead atoms. The van der Waals surface area contributed by atoms with Gasteiger partial charge in [-0.1, -0.05) is 6.07 Å². The number of carbonyl (C=O) groups is 1. The van der Waals surface area contributed by atoms with Crippen LogP contribution in [0.15, 0.2) is 29.7 Å². The lowest BCUT2D eigenvalue weighted by atomic mass is 10.1. The van der Waals surface area contributed by atoms with E-state index in [1.165, 1.54) is 13.2 Å². The molecule has 0 fully saturated rings. The Bertz CT molecular complexity index is 504. The van der Waals surface area contributed by atoms with Crippen molar-refractivity contribution >= 4 is 5.78 Å². The van der Waals surface area contributed by atoms with Crippen molar-refractivity contribution in [1.29, 1.82) is 0 Å². The molecule has 5 heteroatoms. The predicted molar refractivity (Wildman–Crippen MR) is 63.6 cm³/mol. The summed E-state index contributed by atoms with van der Waals surface area (Å²) in [5.74, 6) is 0.0316.